The van der Waals surface area contributed by atoms with Crippen molar-refractivity contribution in [3.05, 3.63) is 41.5 Å². The van der Waals surface area contributed by atoms with Crippen LogP contribution in [0.1, 0.15) is 24.5 Å². The molecule has 3 nitrogen and oxygen atoms in total. The van der Waals surface area contributed by atoms with Crippen LogP contribution in [0.4, 0.5) is 0 Å². The molecule has 0 aromatic heterocycles. The molecule has 1 N–H and O–H groups in total. The van der Waals surface area contributed by atoms with E-state index >= 15 is 0 Å². The van der Waals surface area contributed by atoms with E-state index in [4.69, 9.17) is 9.84 Å². The zero-order chi connectivity index (χ0) is 13.5. The summed E-state index contributed by atoms with van der Waals surface area (Å²) in [5.74, 6) is 0.232. The standard InChI is InChI=1S/C16H17NO2/c1-11-8-12-9-15(19-7-6-18)16(12,10-17)14-5-3-2-4-13(11)14/h2-5,8,12,15,18H,6-7,9H2,1H3/t12-,15-,16+/m0/s1. The molecule has 2 aliphatic carbocycles. The fourth-order valence-electron chi connectivity index (χ4n) is 3.44. The molecule has 1 fully saturated rings. The summed E-state index contributed by atoms with van der Waals surface area (Å²) in [6.07, 6.45) is 2.95. The van der Waals surface area contributed by atoms with Crippen molar-refractivity contribution < 1.29 is 9.84 Å². The van der Waals surface area contributed by atoms with Gasteiger partial charge in [0.1, 0.15) is 5.41 Å². The number of aliphatic hydroxyl groups is 1. The van der Waals surface area contributed by atoms with Crippen molar-refractivity contribution in [2.45, 2.75) is 24.9 Å². The normalized spacial score (nSPS) is 31.5. The van der Waals surface area contributed by atoms with Crippen LogP contribution in [0.5, 0.6) is 0 Å². The molecule has 1 aromatic rings. The van der Waals surface area contributed by atoms with E-state index < -0.39 is 5.41 Å². The number of hydrogen-bond acceptors (Lipinski definition) is 3. The summed E-state index contributed by atoms with van der Waals surface area (Å²) >= 11 is 0. The Balaban J connectivity index is 2.06. The first-order chi connectivity index (χ1) is 9.24. The molecule has 0 bridgehead atoms. The van der Waals surface area contributed by atoms with E-state index in [9.17, 15) is 5.26 Å². The minimum atomic E-state index is -0.564. The monoisotopic (exact) mass is 255 g/mol. The summed E-state index contributed by atoms with van der Waals surface area (Å²) in [4.78, 5) is 0. The van der Waals surface area contributed by atoms with E-state index in [-0.39, 0.29) is 18.6 Å². The lowest BCUT2D eigenvalue weighted by Crippen LogP contribution is -2.58. The quantitative estimate of drug-likeness (QED) is 0.901. The van der Waals surface area contributed by atoms with Crippen LogP contribution in [0.25, 0.3) is 5.57 Å². The van der Waals surface area contributed by atoms with Crippen LogP contribution >= 0.6 is 0 Å². The molecule has 0 heterocycles. The lowest BCUT2D eigenvalue weighted by molar-refractivity contribution is -0.0800. The van der Waals surface area contributed by atoms with Gasteiger partial charge < -0.3 is 9.84 Å². The van der Waals surface area contributed by atoms with Crippen molar-refractivity contribution in [3.8, 4) is 6.07 Å². The summed E-state index contributed by atoms with van der Waals surface area (Å²) in [7, 11) is 0. The average molecular weight is 255 g/mol. The smallest absolute Gasteiger partial charge is 0.115 e. The van der Waals surface area contributed by atoms with E-state index in [1.807, 2.05) is 18.2 Å². The largest absolute Gasteiger partial charge is 0.394 e. The highest BCUT2D eigenvalue weighted by molar-refractivity contribution is 5.73. The summed E-state index contributed by atoms with van der Waals surface area (Å²) in [6.45, 7) is 2.40. The Morgan fingerprint density at radius 3 is 3.00 bits per heavy atom. The fraction of sp³-hybridized carbons (Fsp3) is 0.438. The zero-order valence-electron chi connectivity index (χ0n) is 11.0. The lowest BCUT2D eigenvalue weighted by Gasteiger charge is -2.53. The van der Waals surface area contributed by atoms with E-state index in [1.165, 1.54) is 5.57 Å². The predicted octanol–water partition coefficient (Wildman–Crippen LogP) is 2.26. The van der Waals surface area contributed by atoms with E-state index in [2.05, 4.69) is 25.1 Å². The van der Waals surface area contributed by atoms with Gasteiger partial charge >= 0.3 is 0 Å². The summed E-state index contributed by atoms with van der Waals surface area (Å²) in [6, 6.07) is 10.6. The summed E-state index contributed by atoms with van der Waals surface area (Å²) in [5.41, 5.74) is 2.91. The molecule has 3 rings (SSSR count). The van der Waals surface area contributed by atoms with Gasteiger partial charge in [0.15, 0.2) is 0 Å². The Morgan fingerprint density at radius 2 is 2.26 bits per heavy atom. The maximum absolute atomic E-state index is 9.75. The Bertz CT molecular complexity index is 572. The molecule has 0 unspecified atom stereocenters. The number of ether oxygens (including phenoxy) is 1. The highest BCUT2D eigenvalue weighted by atomic mass is 16.5. The van der Waals surface area contributed by atoms with Gasteiger partial charge in [-0.15, -0.1) is 0 Å². The number of hydrogen-bond donors (Lipinski definition) is 1. The maximum Gasteiger partial charge on any atom is 0.115 e. The summed E-state index contributed by atoms with van der Waals surface area (Å²) < 4.78 is 5.68. The second kappa shape index (κ2) is 4.48. The molecule has 19 heavy (non-hydrogen) atoms. The Morgan fingerprint density at radius 1 is 1.47 bits per heavy atom. The molecule has 0 radical (unpaired) electrons. The average Bonchev–Trinajstić information content (AvgIpc) is 2.42. The van der Waals surface area contributed by atoms with Crippen LogP contribution in [0.2, 0.25) is 0 Å². The van der Waals surface area contributed by atoms with Crippen molar-refractivity contribution in [1.82, 2.24) is 0 Å². The number of fused-ring (bicyclic) bond motifs is 3. The van der Waals surface area contributed by atoms with Crippen LogP contribution in [-0.2, 0) is 10.2 Å². The lowest BCUT2D eigenvalue weighted by atomic mass is 9.52. The molecule has 3 heteroatoms. The Hall–Kier alpha value is -1.63. The molecule has 1 saturated carbocycles. The first-order valence-electron chi connectivity index (χ1n) is 6.66. The topological polar surface area (TPSA) is 53.2 Å². The van der Waals surface area contributed by atoms with Crippen molar-refractivity contribution in [1.29, 1.82) is 5.26 Å². The highest BCUT2D eigenvalue weighted by Crippen LogP contribution is 2.55. The van der Waals surface area contributed by atoms with Crippen molar-refractivity contribution in [2.24, 2.45) is 5.92 Å². The van der Waals surface area contributed by atoms with E-state index in [0.717, 1.165) is 17.5 Å². The molecular weight excluding hydrogens is 238 g/mol. The van der Waals surface area contributed by atoms with Crippen LogP contribution in [0.15, 0.2) is 30.3 Å². The summed E-state index contributed by atoms with van der Waals surface area (Å²) in [5, 5.41) is 18.7. The number of aliphatic hydroxyl groups excluding tert-OH is 1. The van der Waals surface area contributed by atoms with E-state index in [1.54, 1.807) is 0 Å². The van der Waals surface area contributed by atoms with Crippen molar-refractivity contribution in [3.63, 3.8) is 0 Å². The van der Waals surface area contributed by atoms with Crippen molar-refractivity contribution in [2.75, 3.05) is 13.2 Å². The minimum Gasteiger partial charge on any atom is -0.394 e. The number of allylic oxidation sites excluding steroid dienone is 2. The maximum atomic E-state index is 9.75. The van der Waals surface area contributed by atoms with Gasteiger partial charge in [0.2, 0.25) is 0 Å². The molecule has 0 spiro atoms. The molecule has 0 aliphatic heterocycles. The van der Waals surface area contributed by atoms with Crippen LogP contribution < -0.4 is 0 Å². The van der Waals surface area contributed by atoms with Gasteiger partial charge in [-0.1, -0.05) is 30.3 Å². The third-order valence-electron chi connectivity index (χ3n) is 4.40. The van der Waals surface area contributed by atoms with Crippen molar-refractivity contribution >= 4 is 5.57 Å². The molecule has 0 amide bonds. The third-order valence-corrected chi connectivity index (χ3v) is 4.40. The molecule has 1 aromatic carbocycles. The van der Waals surface area contributed by atoms with Gasteiger partial charge in [0.25, 0.3) is 0 Å². The van der Waals surface area contributed by atoms with Crippen LogP contribution in [-0.4, -0.2) is 24.4 Å². The van der Waals surface area contributed by atoms with Gasteiger partial charge in [0.05, 0.1) is 25.4 Å². The van der Waals surface area contributed by atoms with Gasteiger partial charge in [-0.3, -0.25) is 0 Å². The third kappa shape index (κ3) is 1.57. The van der Waals surface area contributed by atoms with Gasteiger partial charge in [-0.2, -0.15) is 5.26 Å². The van der Waals surface area contributed by atoms with Gasteiger partial charge in [-0.05, 0) is 30.0 Å². The van der Waals surface area contributed by atoms with E-state index in [0.29, 0.717) is 6.61 Å². The Labute approximate surface area is 113 Å². The van der Waals surface area contributed by atoms with Crippen LogP contribution in [0.3, 0.4) is 0 Å². The Kier molecular flexibility index (Phi) is 2.93. The molecule has 0 saturated heterocycles. The number of nitrogens with zero attached hydrogens (tertiary/aromatic N) is 1. The highest BCUT2D eigenvalue weighted by Gasteiger charge is 2.59. The molecule has 98 valence electrons. The second-order valence-electron chi connectivity index (χ2n) is 5.30. The van der Waals surface area contributed by atoms with Gasteiger partial charge in [0, 0.05) is 5.92 Å². The first kappa shape index (κ1) is 12.4. The predicted molar refractivity (Wildman–Crippen MR) is 72.3 cm³/mol. The first-order valence-corrected chi connectivity index (χ1v) is 6.66. The fourth-order valence-corrected chi connectivity index (χ4v) is 3.44. The zero-order valence-corrected chi connectivity index (χ0v) is 11.0. The molecule has 2 aliphatic rings. The molecule has 3 atom stereocenters. The SMILES string of the molecule is CC1=C[C@H]2C[C@H](OCCO)[C@@]2(C#N)c2ccccc21. The van der Waals surface area contributed by atoms with Gasteiger partial charge in [-0.25, -0.2) is 0 Å². The number of nitriles is 1. The number of benzene rings is 1. The minimum absolute atomic E-state index is 0.000804. The number of rotatable bonds is 3. The molecular formula is C16H17NO2. The second-order valence-corrected chi connectivity index (χ2v) is 5.30. The van der Waals surface area contributed by atoms with Crippen LogP contribution in [0, 0.1) is 17.2 Å².